The highest BCUT2D eigenvalue weighted by atomic mass is 19.4. The van der Waals surface area contributed by atoms with Gasteiger partial charge >= 0.3 is 12.1 Å². The lowest BCUT2D eigenvalue weighted by molar-refractivity contribution is -0.139. The minimum Gasteiger partial charge on any atom is -0.449 e. The van der Waals surface area contributed by atoms with Crippen LogP contribution in [-0.4, -0.2) is 44.7 Å². The lowest BCUT2D eigenvalue weighted by Gasteiger charge is -2.21. The van der Waals surface area contributed by atoms with Crippen LogP contribution in [0.1, 0.15) is 34.1 Å². The van der Waals surface area contributed by atoms with Crippen LogP contribution < -0.4 is 0 Å². The van der Waals surface area contributed by atoms with Gasteiger partial charge in [-0.25, -0.2) is 14.5 Å². The van der Waals surface area contributed by atoms with Crippen molar-refractivity contribution in [2.24, 2.45) is 0 Å². The van der Waals surface area contributed by atoms with Gasteiger partial charge in [-0.1, -0.05) is 30.3 Å². The van der Waals surface area contributed by atoms with E-state index in [1.165, 1.54) is 22.7 Å². The monoisotopic (exact) mass is 446 g/mol. The predicted molar refractivity (Wildman–Crippen MR) is 109 cm³/mol. The summed E-state index contributed by atoms with van der Waals surface area (Å²) in [6, 6.07) is 11.4. The number of benzene rings is 1. The fourth-order valence-corrected chi connectivity index (χ4v) is 3.04. The van der Waals surface area contributed by atoms with Crippen LogP contribution in [0.5, 0.6) is 0 Å². The molecule has 0 saturated heterocycles. The van der Waals surface area contributed by atoms with Crippen molar-refractivity contribution in [2.75, 3.05) is 7.05 Å². The lowest BCUT2D eigenvalue weighted by Crippen LogP contribution is -2.37. The number of alkyl halides is 3. The van der Waals surface area contributed by atoms with Gasteiger partial charge in [0.05, 0.1) is 17.5 Å². The number of rotatable bonds is 6. The van der Waals surface area contributed by atoms with Crippen molar-refractivity contribution >= 4 is 11.9 Å². The first kappa shape index (κ1) is 23.0. The van der Waals surface area contributed by atoms with E-state index in [2.05, 4.69) is 10.1 Å². The number of aromatic nitrogens is 3. The van der Waals surface area contributed by atoms with Gasteiger partial charge in [0.2, 0.25) is 0 Å². The topological polar surface area (TPSA) is 77.3 Å². The Hall–Kier alpha value is -3.69. The largest absolute Gasteiger partial charge is 0.449 e. The molecule has 3 rings (SSSR count). The molecule has 168 valence electrons. The lowest BCUT2D eigenvalue weighted by atomic mass is 10.2. The standard InChI is InChI=1S/C22H21F3N4O3/c1-14-18(12-27-29(14)19-10-9-17(11-26-19)22(23,24)25)21(31)32-15(2)20(30)28(3)13-16-7-5-4-6-8-16/h4-12,15H,13H2,1-3H3/t15-/m0/s1. The van der Waals surface area contributed by atoms with Gasteiger partial charge in [0.15, 0.2) is 11.9 Å². The molecule has 0 aliphatic carbocycles. The summed E-state index contributed by atoms with van der Waals surface area (Å²) in [6.07, 6.45) is -3.63. The number of carbonyl (C=O) groups excluding carboxylic acids is 2. The molecule has 3 aromatic rings. The predicted octanol–water partition coefficient (Wildman–Crippen LogP) is 3.80. The summed E-state index contributed by atoms with van der Waals surface area (Å²) >= 11 is 0. The smallest absolute Gasteiger partial charge is 0.417 e. The number of hydrogen-bond donors (Lipinski definition) is 0. The third-order valence-corrected chi connectivity index (χ3v) is 4.79. The average molecular weight is 446 g/mol. The number of likely N-dealkylation sites (N-methyl/N-ethyl adjacent to an activating group) is 1. The van der Waals surface area contributed by atoms with Crippen LogP contribution in [0.4, 0.5) is 13.2 Å². The van der Waals surface area contributed by atoms with Crippen molar-refractivity contribution in [1.29, 1.82) is 0 Å². The number of ether oxygens (including phenoxy) is 1. The second-order valence-corrected chi connectivity index (χ2v) is 7.19. The molecule has 0 spiro atoms. The molecule has 1 aromatic carbocycles. The quantitative estimate of drug-likeness (QED) is 0.539. The molecule has 2 heterocycles. The number of halogens is 3. The molecule has 1 atom stereocenters. The third-order valence-electron chi connectivity index (χ3n) is 4.79. The van der Waals surface area contributed by atoms with Crippen molar-refractivity contribution in [3.05, 3.63) is 77.2 Å². The van der Waals surface area contributed by atoms with Gasteiger partial charge in [0.1, 0.15) is 5.56 Å². The van der Waals surface area contributed by atoms with E-state index in [0.29, 0.717) is 18.4 Å². The number of carbonyl (C=O) groups is 2. The Bertz CT molecular complexity index is 1100. The zero-order valence-electron chi connectivity index (χ0n) is 17.6. The molecule has 0 saturated carbocycles. The molecule has 0 fully saturated rings. The molecule has 1 amide bonds. The molecule has 0 bridgehead atoms. The van der Waals surface area contributed by atoms with E-state index in [-0.39, 0.29) is 17.3 Å². The Labute approximate surface area is 182 Å². The van der Waals surface area contributed by atoms with Crippen LogP contribution in [-0.2, 0) is 22.3 Å². The van der Waals surface area contributed by atoms with E-state index in [4.69, 9.17) is 4.74 Å². The van der Waals surface area contributed by atoms with Crippen molar-refractivity contribution in [3.8, 4) is 5.82 Å². The van der Waals surface area contributed by atoms with E-state index in [1.807, 2.05) is 30.3 Å². The number of esters is 1. The summed E-state index contributed by atoms with van der Waals surface area (Å²) in [5.74, 6) is -1.03. The van der Waals surface area contributed by atoms with Crippen molar-refractivity contribution in [2.45, 2.75) is 32.7 Å². The van der Waals surface area contributed by atoms with Crippen LogP contribution in [0.3, 0.4) is 0 Å². The highest BCUT2D eigenvalue weighted by Crippen LogP contribution is 2.28. The van der Waals surface area contributed by atoms with Crippen molar-refractivity contribution < 1.29 is 27.5 Å². The first-order chi connectivity index (χ1) is 15.1. The molecule has 10 heteroatoms. The number of hydrogen-bond acceptors (Lipinski definition) is 5. The fourth-order valence-electron chi connectivity index (χ4n) is 3.04. The van der Waals surface area contributed by atoms with Crippen molar-refractivity contribution in [1.82, 2.24) is 19.7 Å². The number of pyridine rings is 1. The molecule has 0 N–H and O–H groups in total. The Morgan fingerprint density at radius 1 is 1.12 bits per heavy atom. The third kappa shape index (κ3) is 5.13. The minimum absolute atomic E-state index is 0.0806. The summed E-state index contributed by atoms with van der Waals surface area (Å²) in [5.41, 5.74) is 0.442. The Kier molecular flexibility index (Phi) is 6.61. The second-order valence-electron chi connectivity index (χ2n) is 7.19. The minimum atomic E-state index is -4.50. The molecule has 7 nitrogen and oxygen atoms in total. The van der Waals surface area contributed by atoms with Crippen LogP contribution in [0.15, 0.2) is 54.9 Å². The highest BCUT2D eigenvalue weighted by Gasteiger charge is 2.31. The van der Waals surface area contributed by atoms with E-state index in [0.717, 1.165) is 17.7 Å². The first-order valence-electron chi connectivity index (χ1n) is 9.66. The number of amides is 1. The summed E-state index contributed by atoms with van der Waals surface area (Å²) in [5, 5.41) is 4.02. The van der Waals surface area contributed by atoms with Gasteiger partial charge in [-0.05, 0) is 31.5 Å². The summed E-state index contributed by atoms with van der Waals surface area (Å²) in [4.78, 5) is 30.4. The summed E-state index contributed by atoms with van der Waals surface area (Å²) < 4.78 is 44.7. The van der Waals surface area contributed by atoms with Crippen LogP contribution in [0.25, 0.3) is 5.82 Å². The zero-order chi connectivity index (χ0) is 23.5. The Balaban J connectivity index is 1.68. The fraction of sp³-hybridized carbons (Fsp3) is 0.273. The molecule has 2 aromatic heterocycles. The second kappa shape index (κ2) is 9.21. The normalized spacial score (nSPS) is 12.3. The number of nitrogens with zero attached hydrogens (tertiary/aromatic N) is 4. The Morgan fingerprint density at radius 3 is 2.41 bits per heavy atom. The zero-order valence-corrected chi connectivity index (χ0v) is 17.6. The van der Waals surface area contributed by atoms with E-state index in [1.54, 1.807) is 14.0 Å². The maximum atomic E-state index is 12.7. The van der Waals surface area contributed by atoms with Gasteiger partial charge in [0.25, 0.3) is 5.91 Å². The first-order valence-corrected chi connectivity index (χ1v) is 9.66. The van der Waals surface area contributed by atoms with E-state index >= 15 is 0 Å². The summed E-state index contributed by atoms with van der Waals surface area (Å²) in [7, 11) is 1.61. The van der Waals surface area contributed by atoms with Gasteiger partial charge in [-0.2, -0.15) is 18.3 Å². The Morgan fingerprint density at radius 2 is 1.81 bits per heavy atom. The SMILES string of the molecule is Cc1c(C(=O)O[C@@H](C)C(=O)N(C)Cc2ccccc2)cnn1-c1ccc(C(F)(F)F)cn1. The average Bonchev–Trinajstić information content (AvgIpc) is 3.14. The summed E-state index contributed by atoms with van der Waals surface area (Å²) in [6.45, 7) is 3.38. The van der Waals surface area contributed by atoms with Gasteiger partial charge in [-0.15, -0.1) is 0 Å². The molecule has 0 aliphatic rings. The van der Waals surface area contributed by atoms with Crippen LogP contribution in [0.2, 0.25) is 0 Å². The molecule has 0 radical (unpaired) electrons. The van der Waals surface area contributed by atoms with Gasteiger partial charge in [0, 0.05) is 19.8 Å². The maximum Gasteiger partial charge on any atom is 0.417 e. The van der Waals surface area contributed by atoms with E-state index < -0.39 is 23.8 Å². The van der Waals surface area contributed by atoms with Crippen LogP contribution in [0, 0.1) is 6.92 Å². The molecular formula is C22H21F3N4O3. The molecule has 0 aliphatic heterocycles. The molecular weight excluding hydrogens is 425 g/mol. The van der Waals surface area contributed by atoms with E-state index in [9.17, 15) is 22.8 Å². The maximum absolute atomic E-state index is 12.7. The van der Waals surface area contributed by atoms with Crippen molar-refractivity contribution in [3.63, 3.8) is 0 Å². The van der Waals surface area contributed by atoms with Crippen LogP contribution >= 0.6 is 0 Å². The molecule has 32 heavy (non-hydrogen) atoms. The molecule has 0 unspecified atom stereocenters. The van der Waals surface area contributed by atoms with Gasteiger partial charge < -0.3 is 9.64 Å². The highest BCUT2D eigenvalue weighted by molar-refractivity contribution is 5.93. The van der Waals surface area contributed by atoms with Gasteiger partial charge in [-0.3, -0.25) is 4.79 Å².